The quantitative estimate of drug-likeness (QED) is 0.538. The lowest BCUT2D eigenvalue weighted by Crippen LogP contribution is -2.29. The van der Waals surface area contributed by atoms with Crippen LogP contribution in [0, 0.1) is 31.4 Å². The lowest BCUT2D eigenvalue weighted by Gasteiger charge is -2.19. The SMILES string of the molecule is Cc1ccccc1N(C)C(=O)Oc1ccc(Oc2nc(F)c(F)c(F)c2C)cc1. The topological polar surface area (TPSA) is 51.7 Å². The number of rotatable bonds is 4. The number of hydrogen-bond donors (Lipinski definition) is 0. The Hall–Kier alpha value is -3.55. The summed E-state index contributed by atoms with van der Waals surface area (Å²) in [5.41, 5.74) is 1.36. The number of ether oxygens (including phenoxy) is 2. The van der Waals surface area contributed by atoms with Crippen molar-refractivity contribution in [1.29, 1.82) is 0 Å². The molecule has 0 N–H and O–H groups in total. The van der Waals surface area contributed by atoms with Gasteiger partial charge in [-0.25, -0.2) is 9.18 Å². The minimum absolute atomic E-state index is 0.179. The molecule has 0 aliphatic carbocycles. The van der Waals surface area contributed by atoms with Gasteiger partial charge in [-0.2, -0.15) is 13.8 Å². The maximum atomic E-state index is 13.6. The molecule has 0 aliphatic rings. The Morgan fingerprint density at radius 1 is 0.931 bits per heavy atom. The average molecular weight is 402 g/mol. The highest BCUT2D eigenvalue weighted by atomic mass is 19.2. The van der Waals surface area contributed by atoms with Gasteiger partial charge in [0.1, 0.15) is 11.5 Å². The van der Waals surface area contributed by atoms with E-state index in [1.165, 1.54) is 36.1 Å². The van der Waals surface area contributed by atoms with E-state index in [2.05, 4.69) is 4.98 Å². The van der Waals surface area contributed by atoms with E-state index in [1.807, 2.05) is 25.1 Å². The summed E-state index contributed by atoms with van der Waals surface area (Å²) < 4.78 is 50.7. The molecule has 0 saturated carbocycles. The van der Waals surface area contributed by atoms with Gasteiger partial charge in [0.05, 0.1) is 5.56 Å². The molecular formula is C21H17F3N2O3. The zero-order chi connectivity index (χ0) is 21.1. The van der Waals surface area contributed by atoms with Crippen molar-refractivity contribution in [2.45, 2.75) is 13.8 Å². The van der Waals surface area contributed by atoms with Gasteiger partial charge in [0.2, 0.25) is 11.7 Å². The third-order valence-electron chi connectivity index (χ3n) is 4.22. The summed E-state index contributed by atoms with van der Waals surface area (Å²) in [5.74, 6) is -4.59. The highest BCUT2D eigenvalue weighted by Gasteiger charge is 2.19. The second kappa shape index (κ2) is 8.22. The van der Waals surface area contributed by atoms with Gasteiger partial charge in [-0.15, -0.1) is 0 Å². The summed E-state index contributed by atoms with van der Waals surface area (Å²) in [7, 11) is 1.59. The van der Waals surface area contributed by atoms with E-state index in [1.54, 1.807) is 13.1 Å². The second-order valence-electron chi connectivity index (χ2n) is 6.25. The highest BCUT2D eigenvalue weighted by Crippen LogP contribution is 2.28. The summed E-state index contributed by atoms with van der Waals surface area (Å²) in [4.78, 5) is 17.0. The predicted molar refractivity (Wildman–Crippen MR) is 101 cm³/mol. The molecule has 1 aromatic heterocycles. The molecule has 1 amide bonds. The fourth-order valence-corrected chi connectivity index (χ4v) is 2.57. The van der Waals surface area contributed by atoms with Gasteiger partial charge in [-0.3, -0.25) is 4.90 Å². The molecule has 8 heteroatoms. The van der Waals surface area contributed by atoms with Crippen LogP contribution in [0.15, 0.2) is 48.5 Å². The van der Waals surface area contributed by atoms with Crippen molar-refractivity contribution in [2.24, 2.45) is 0 Å². The molecule has 2 aromatic carbocycles. The van der Waals surface area contributed by atoms with E-state index in [0.29, 0.717) is 5.69 Å². The highest BCUT2D eigenvalue weighted by molar-refractivity contribution is 5.89. The van der Waals surface area contributed by atoms with Gasteiger partial charge >= 0.3 is 6.09 Å². The molecule has 0 atom stereocenters. The molecule has 0 saturated heterocycles. The fourth-order valence-electron chi connectivity index (χ4n) is 2.57. The van der Waals surface area contributed by atoms with Gasteiger partial charge in [-0.1, -0.05) is 18.2 Å². The summed E-state index contributed by atoms with van der Waals surface area (Å²) in [6.07, 6.45) is -0.590. The first kappa shape index (κ1) is 20.2. The lowest BCUT2D eigenvalue weighted by molar-refractivity contribution is 0.209. The summed E-state index contributed by atoms with van der Waals surface area (Å²) >= 11 is 0. The molecule has 0 spiro atoms. The molecule has 3 aromatic rings. The van der Waals surface area contributed by atoms with E-state index in [-0.39, 0.29) is 17.1 Å². The molecule has 0 fully saturated rings. The largest absolute Gasteiger partial charge is 0.439 e. The van der Waals surface area contributed by atoms with Gasteiger partial charge in [0.25, 0.3) is 5.95 Å². The van der Waals surface area contributed by atoms with Crippen LogP contribution in [-0.4, -0.2) is 18.1 Å². The maximum absolute atomic E-state index is 13.6. The van der Waals surface area contributed by atoms with Crippen LogP contribution in [0.25, 0.3) is 0 Å². The Bertz CT molecular complexity index is 1060. The molecule has 29 heavy (non-hydrogen) atoms. The van der Waals surface area contributed by atoms with Crippen molar-refractivity contribution >= 4 is 11.8 Å². The molecule has 3 rings (SSSR count). The smallest absolute Gasteiger partial charge is 0.419 e. The Morgan fingerprint density at radius 3 is 2.21 bits per heavy atom. The number of aryl methyl sites for hydroxylation is 1. The normalized spacial score (nSPS) is 10.6. The average Bonchev–Trinajstić information content (AvgIpc) is 2.71. The first-order valence-electron chi connectivity index (χ1n) is 8.58. The fraction of sp³-hybridized carbons (Fsp3) is 0.143. The third-order valence-corrected chi connectivity index (χ3v) is 4.22. The van der Waals surface area contributed by atoms with Crippen LogP contribution in [0.4, 0.5) is 23.7 Å². The Balaban J connectivity index is 1.71. The second-order valence-corrected chi connectivity index (χ2v) is 6.25. The van der Waals surface area contributed by atoms with Crippen LogP contribution in [-0.2, 0) is 0 Å². The zero-order valence-electron chi connectivity index (χ0n) is 15.9. The van der Waals surface area contributed by atoms with Crippen molar-refractivity contribution in [3.63, 3.8) is 0 Å². The Labute approximate surface area is 165 Å². The van der Waals surface area contributed by atoms with Gasteiger partial charge < -0.3 is 9.47 Å². The van der Waals surface area contributed by atoms with Crippen molar-refractivity contribution in [3.8, 4) is 17.4 Å². The number of carbonyl (C=O) groups excluding carboxylic acids is 1. The Morgan fingerprint density at radius 2 is 1.55 bits per heavy atom. The number of para-hydroxylation sites is 1. The van der Waals surface area contributed by atoms with Crippen molar-refractivity contribution in [2.75, 3.05) is 11.9 Å². The number of anilines is 1. The van der Waals surface area contributed by atoms with E-state index >= 15 is 0 Å². The molecule has 0 unspecified atom stereocenters. The minimum Gasteiger partial charge on any atom is -0.439 e. The molecule has 0 radical (unpaired) electrons. The predicted octanol–water partition coefficient (Wildman–Crippen LogP) is 5.54. The maximum Gasteiger partial charge on any atom is 0.419 e. The van der Waals surface area contributed by atoms with E-state index in [0.717, 1.165) is 5.56 Å². The standard InChI is InChI=1S/C21H17F3N2O3/c1-12-6-4-5-7-16(12)26(3)21(27)29-15-10-8-14(9-11-15)28-20-13(2)17(22)18(23)19(24)25-20/h4-11H,1-3H3. The number of nitrogens with zero attached hydrogens (tertiary/aromatic N) is 2. The Kier molecular flexibility index (Phi) is 5.72. The number of benzene rings is 2. The number of hydrogen-bond acceptors (Lipinski definition) is 4. The first-order valence-corrected chi connectivity index (χ1v) is 8.58. The number of aromatic nitrogens is 1. The van der Waals surface area contributed by atoms with E-state index < -0.39 is 29.6 Å². The molecule has 150 valence electrons. The molecular weight excluding hydrogens is 385 g/mol. The van der Waals surface area contributed by atoms with Crippen molar-refractivity contribution in [3.05, 3.63) is 77.2 Å². The molecule has 1 heterocycles. The van der Waals surface area contributed by atoms with Crippen LogP contribution in [0.2, 0.25) is 0 Å². The number of amides is 1. The number of halogens is 3. The lowest BCUT2D eigenvalue weighted by atomic mass is 10.2. The van der Waals surface area contributed by atoms with E-state index in [9.17, 15) is 18.0 Å². The summed E-state index contributed by atoms with van der Waals surface area (Å²) in [6.45, 7) is 3.10. The molecule has 5 nitrogen and oxygen atoms in total. The van der Waals surface area contributed by atoms with E-state index in [4.69, 9.17) is 9.47 Å². The zero-order valence-corrected chi connectivity index (χ0v) is 15.9. The van der Waals surface area contributed by atoms with Crippen LogP contribution < -0.4 is 14.4 Å². The van der Waals surface area contributed by atoms with Crippen LogP contribution in [0.3, 0.4) is 0 Å². The number of pyridine rings is 1. The summed E-state index contributed by atoms with van der Waals surface area (Å²) in [6, 6.07) is 13.1. The van der Waals surface area contributed by atoms with Gasteiger partial charge in [-0.05, 0) is 49.7 Å². The van der Waals surface area contributed by atoms with Crippen LogP contribution in [0.5, 0.6) is 17.4 Å². The van der Waals surface area contributed by atoms with Crippen molar-refractivity contribution in [1.82, 2.24) is 4.98 Å². The van der Waals surface area contributed by atoms with Crippen molar-refractivity contribution < 1.29 is 27.4 Å². The first-order chi connectivity index (χ1) is 13.8. The van der Waals surface area contributed by atoms with Gasteiger partial charge in [0, 0.05) is 12.7 Å². The summed E-state index contributed by atoms with van der Waals surface area (Å²) in [5, 5.41) is 0. The monoisotopic (exact) mass is 402 g/mol. The number of carbonyl (C=O) groups is 1. The molecule has 0 aliphatic heterocycles. The minimum atomic E-state index is -1.66. The van der Waals surface area contributed by atoms with Crippen LogP contribution in [0.1, 0.15) is 11.1 Å². The molecule has 0 bridgehead atoms. The van der Waals surface area contributed by atoms with Crippen LogP contribution >= 0.6 is 0 Å². The van der Waals surface area contributed by atoms with Gasteiger partial charge in [0.15, 0.2) is 5.82 Å². The third kappa shape index (κ3) is 4.31.